The van der Waals surface area contributed by atoms with Gasteiger partial charge in [0.15, 0.2) is 5.92 Å². The van der Waals surface area contributed by atoms with E-state index in [9.17, 15) is 9.59 Å². The van der Waals surface area contributed by atoms with Crippen molar-refractivity contribution in [2.24, 2.45) is 10.9 Å². The van der Waals surface area contributed by atoms with Crippen molar-refractivity contribution in [3.05, 3.63) is 60.3 Å². The molecule has 0 saturated carbocycles. The van der Waals surface area contributed by atoms with Crippen LogP contribution in [0.4, 0.5) is 5.82 Å². The van der Waals surface area contributed by atoms with E-state index >= 15 is 0 Å². The van der Waals surface area contributed by atoms with Crippen LogP contribution in [0, 0.1) is 5.92 Å². The third-order valence-corrected chi connectivity index (χ3v) is 5.33. The normalized spacial score (nSPS) is 21.6. The van der Waals surface area contributed by atoms with E-state index in [1.54, 1.807) is 13.1 Å². The summed E-state index contributed by atoms with van der Waals surface area (Å²) < 4.78 is 5.15. The van der Waals surface area contributed by atoms with E-state index in [0.717, 1.165) is 24.5 Å². The van der Waals surface area contributed by atoms with Gasteiger partial charge >= 0.3 is 5.97 Å². The summed E-state index contributed by atoms with van der Waals surface area (Å²) in [6, 6.07) is 14.7. The maximum atomic E-state index is 12.9. The fourth-order valence-corrected chi connectivity index (χ4v) is 3.80. The molecule has 0 aliphatic carbocycles. The number of esters is 1. The van der Waals surface area contributed by atoms with E-state index in [0.29, 0.717) is 19.0 Å². The Morgan fingerprint density at radius 2 is 1.77 bits per heavy atom. The quantitative estimate of drug-likeness (QED) is 0.612. The van der Waals surface area contributed by atoms with Crippen LogP contribution in [0.1, 0.15) is 18.5 Å². The first-order valence-corrected chi connectivity index (χ1v) is 10.2. The number of carbonyl (C=O) groups is 2. The van der Waals surface area contributed by atoms with Gasteiger partial charge in [0.25, 0.3) is 0 Å². The van der Waals surface area contributed by atoms with Crippen LogP contribution >= 0.6 is 0 Å². The molecule has 1 fully saturated rings. The van der Waals surface area contributed by atoms with Crippen molar-refractivity contribution in [2.45, 2.75) is 13.0 Å². The molecule has 156 valence electrons. The summed E-state index contributed by atoms with van der Waals surface area (Å²) in [5, 5.41) is 2.83. The van der Waals surface area contributed by atoms with Crippen LogP contribution in [-0.4, -0.2) is 60.5 Å². The van der Waals surface area contributed by atoms with Crippen LogP contribution in [-0.2, 0) is 14.3 Å². The SMILES string of the molecule is CCOC(=O)[C@@H]1C(=O)NC(N2CCN(c3ccccn3)CC2)=N[C@@H]1c1ccccc1. The second-order valence-electron chi connectivity index (χ2n) is 7.19. The monoisotopic (exact) mass is 407 g/mol. The van der Waals surface area contributed by atoms with Crippen LogP contribution in [0.15, 0.2) is 59.7 Å². The van der Waals surface area contributed by atoms with Crippen LogP contribution in [0.5, 0.6) is 0 Å². The Hall–Kier alpha value is -3.42. The molecule has 3 heterocycles. The minimum absolute atomic E-state index is 0.218. The smallest absolute Gasteiger partial charge is 0.321 e. The van der Waals surface area contributed by atoms with Crippen LogP contribution in [0.25, 0.3) is 0 Å². The van der Waals surface area contributed by atoms with Gasteiger partial charge in [-0.05, 0) is 24.6 Å². The first kappa shape index (κ1) is 19.9. The number of guanidine groups is 1. The summed E-state index contributed by atoms with van der Waals surface area (Å²) in [6.45, 7) is 4.87. The van der Waals surface area contributed by atoms with Crippen molar-refractivity contribution in [1.29, 1.82) is 0 Å². The fourth-order valence-electron chi connectivity index (χ4n) is 3.80. The van der Waals surface area contributed by atoms with E-state index in [4.69, 9.17) is 9.73 Å². The third-order valence-electron chi connectivity index (χ3n) is 5.33. The van der Waals surface area contributed by atoms with Gasteiger partial charge < -0.3 is 14.5 Å². The molecule has 2 aromatic rings. The molecule has 30 heavy (non-hydrogen) atoms. The standard InChI is InChI=1S/C22H25N5O3/c1-2-30-21(29)18-19(16-8-4-3-5-9-16)24-22(25-20(18)28)27-14-12-26(13-15-27)17-10-6-7-11-23-17/h3-11,18-19H,2,12-15H2,1H3,(H,24,25,28)/t18-,19+/m0/s1. The highest BCUT2D eigenvalue weighted by Gasteiger charge is 2.42. The van der Waals surface area contributed by atoms with Gasteiger partial charge in [0, 0.05) is 32.4 Å². The van der Waals surface area contributed by atoms with Crippen molar-refractivity contribution in [1.82, 2.24) is 15.2 Å². The molecule has 8 heteroatoms. The highest BCUT2D eigenvalue weighted by atomic mass is 16.5. The number of aliphatic imine (C=N–C) groups is 1. The highest BCUT2D eigenvalue weighted by Crippen LogP contribution is 2.31. The Bertz CT molecular complexity index is 911. The molecule has 1 amide bonds. The molecular formula is C22H25N5O3. The summed E-state index contributed by atoms with van der Waals surface area (Å²) >= 11 is 0. The molecule has 2 atom stereocenters. The topological polar surface area (TPSA) is 87.1 Å². The minimum Gasteiger partial charge on any atom is -0.465 e. The van der Waals surface area contributed by atoms with Crippen molar-refractivity contribution in [3.63, 3.8) is 0 Å². The number of hydrogen-bond donors (Lipinski definition) is 1. The van der Waals surface area contributed by atoms with E-state index in [1.165, 1.54) is 0 Å². The lowest BCUT2D eigenvalue weighted by atomic mass is 9.91. The van der Waals surface area contributed by atoms with Crippen LogP contribution < -0.4 is 10.2 Å². The summed E-state index contributed by atoms with van der Waals surface area (Å²) in [5.41, 5.74) is 0.815. The zero-order chi connectivity index (χ0) is 20.9. The Labute approximate surface area is 175 Å². The average Bonchev–Trinajstić information content (AvgIpc) is 2.80. The summed E-state index contributed by atoms with van der Waals surface area (Å²) in [7, 11) is 0. The Morgan fingerprint density at radius 3 is 2.43 bits per heavy atom. The van der Waals surface area contributed by atoms with Crippen molar-refractivity contribution < 1.29 is 14.3 Å². The van der Waals surface area contributed by atoms with Gasteiger partial charge in [-0.1, -0.05) is 36.4 Å². The molecule has 8 nitrogen and oxygen atoms in total. The van der Waals surface area contributed by atoms with Crippen molar-refractivity contribution in [2.75, 3.05) is 37.7 Å². The van der Waals surface area contributed by atoms with Gasteiger partial charge in [0.2, 0.25) is 11.9 Å². The number of anilines is 1. The zero-order valence-electron chi connectivity index (χ0n) is 16.9. The number of ether oxygens (including phenoxy) is 1. The summed E-state index contributed by atoms with van der Waals surface area (Å²) in [4.78, 5) is 38.8. The first-order chi connectivity index (χ1) is 14.7. The van der Waals surface area contributed by atoms with E-state index in [1.807, 2.05) is 48.5 Å². The zero-order valence-corrected chi connectivity index (χ0v) is 16.9. The second kappa shape index (κ2) is 8.94. The number of piperazine rings is 1. The predicted octanol–water partition coefficient (Wildman–Crippen LogP) is 1.61. The summed E-state index contributed by atoms with van der Waals surface area (Å²) in [5.74, 6) is -0.469. The van der Waals surface area contributed by atoms with Crippen LogP contribution in [0.3, 0.4) is 0 Å². The van der Waals surface area contributed by atoms with Gasteiger partial charge in [0.05, 0.1) is 6.61 Å². The molecule has 1 aromatic heterocycles. The molecule has 0 radical (unpaired) electrons. The lowest BCUT2D eigenvalue weighted by Gasteiger charge is -2.39. The molecule has 4 rings (SSSR count). The number of amides is 1. The maximum absolute atomic E-state index is 12.9. The van der Waals surface area contributed by atoms with Gasteiger partial charge in [0.1, 0.15) is 11.9 Å². The number of rotatable bonds is 4. The molecule has 0 spiro atoms. The Balaban J connectivity index is 1.55. The number of aromatic nitrogens is 1. The average molecular weight is 407 g/mol. The van der Waals surface area contributed by atoms with E-state index < -0.39 is 17.9 Å². The molecule has 1 aromatic carbocycles. The number of hydrogen-bond acceptors (Lipinski definition) is 7. The Morgan fingerprint density at radius 1 is 1.07 bits per heavy atom. The molecule has 1 N–H and O–H groups in total. The lowest BCUT2D eigenvalue weighted by Crippen LogP contribution is -2.57. The number of pyridine rings is 1. The fraction of sp³-hybridized carbons (Fsp3) is 0.364. The molecule has 2 aliphatic heterocycles. The van der Waals surface area contributed by atoms with Crippen molar-refractivity contribution >= 4 is 23.7 Å². The molecule has 2 aliphatic rings. The molecule has 1 saturated heterocycles. The van der Waals surface area contributed by atoms with Gasteiger partial charge in [-0.25, -0.2) is 9.98 Å². The Kier molecular flexibility index (Phi) is 5.92. The minimum atomic E-state index is -0.995. The number of nitrogens with one attached hydrogen (secondary N) is 1. The van der Waals surface area contributed by atoms with E-state index in [2.05, 4.69) is 20.1 Å². The summed E-state index contributed by atoms with van der Waals surface area (Å²) in [6.07, 6.45) is 1.78. The van der Waals surface area contributed by atoms with Gasteiger partial charge in [-0.15, -0.1) is 0 Å². The second-order valence-corrected chi connectivity index (χ2v) is 7.19. The lowest BCUT2D eigenvalue weighted by molar-refractivity contribution is -0.153. The maximum Gasteiger partial charge on any atom is 0.321 e. The number of benzene rings is 1. The molecular weight excluding hydrogens is 382 g/mol. The number of carbonyl (C=O) groups excluding carboxylic acids is 2. The van der Waals surface area contributed by atoms with Crippen LogP contribution in [0.2, 0.25) is 0 Å². The van der Waals surface area contributed by atoms with E-state index in [-0.39, 0.29) is 12.5 Å². The highest BCUT2D eigenvalue weighted by molar-refractivity contribution is 6.08. The van der Waals surface area contributed by atoms with Gasteiger partial charge in [-0.2, -0.15) is 0 Å². The van der Waals surface area contributed by atoms with Crippen molar-refractivity contribution in [3.8, 4) is 0 Å². The first-order valence-electron chi connectivity index (χ1n) is 10.2. The van der Waals surface area contributed by atoms with Gasteiger partial charge in [-0.3, -0.25) is 14.9 Å². The third kappa shape index (κ3) is 4.12. The number of nitrogens with zero attached hydrogens (tertiary/aromatic N) is 4. The molecule has 0 unspecified atom stereocenters. The molecule has 0 bridgehead atoms. The predicted molar refractivity (Wildman–Crippen MR) is 113 cm³/mol. The largest absolute Gasteiger partial charge is 0.465 e.